The molecule has 0 bridgehead atoms. The molecule has 1 aliphatic rings. The monoisotopic (exact) mass is 356 g/mol. The van der Waals surface area contributed by atoms with E-state index in [1.165, 1.54) is 5.69 Å². The topological polar surface area (TPSA) is 50.2 Å². The van der Waals surface area contributed by atoms with E-state index < -0.39 is 0 Å². The molecule has 0 aromatic carbocycles. The van der Waals surface area contributed by atoms with E-state index >= 15 is 0 Å². The largest absolute Gasteiger partial charge is 0.343 e. The Labute approximate surface area is 135 Å². The fraction of sp³-hybridized carbons (Fsp3) is 0.733. The summed E-state index contributed by atoms with van der Waals surface area (Å²) in [7, 11) is 0. The molecule has 0 saturated carbocycles. The number of hydrogen-bond donors (Lipinski definition) is 1. The molecule has 1 amide bonds. The second kappa shape index (κ2) is 7.94. The summed E-state index contributed by atoms with van der Waals surface area (Å²) in [6.07, 6.45) is 3.82. The van der Waals surface area contributed by atoms with E-state index in [9.17, 15) is 4.79 Å². The van der Waals surface area contributed by atoms with Gasteiger partial charge in [-0.15, -0.1) is 0 Å². The lowest BCUT2D eigenvalue weighted by Crippen LogP contribution is -2.30. The Morgan fingerprint density at radius 1 is 1.33 bits per heavy atom. The molecular formula is C15H25BrN4O. The van der Waals surface area contributed by atoms with Crippen LogP contribution in [0.15, 0.2) is 4.47 Å². The number of aryl methyl sites for hydroxylation is 2. The molecule has 0 unspecified atom stereocenters. The van der Waals surface area contributed by atoms with Gasteiger partial charge in [0, 0.05) is 39.1 Å². The molecule has 0 aliphatic carbocycles. The van der Waals surface area contributed by atoms with Crippen LogP contribution >= 0.6 is 15.9 Å². The molecule has 6 heteroatoms. The first-order valence-electron chi connectivity index (χ1n) is 7.89. The van der Waals surface area contributed by atoms with Crippen LogP contribution in [0, 0.1) is 0 Å². The Kier molecular flexibility index (Phi) is 6.23. The highest BCUT2D eigenvalue weighted by atomic mass is 79.9. The van der Waals surface area contributed by atoms with Gasteiger partial charge in [0.05, 0.1) is 15.9 Å². The third-order valence-corrected chi connectivity index (χ3v) is 4.88. The van der Waals surface area contributed by atoms with Crippen molar-refractivity contribution in [1.29, 1.82) is 0 Å². The summed E-state index contributed by atoms with van der Waals surface area (Å²) in [4.78, 5) is 13.9. The molecule has 1 aliphatic heterocycles. The quantitative estimate of drug-likeness (QED) is 0.762. The van der Waals surface area contributed by atoms with E-state index in [-0.39, 0.29) is 5.91 Å². The number of amides is 1. The SMILES string of the molecule is CCc1nn(CC)c(CNCCC(=O)N2CCCC2)c1Br. The molecule has 5 nitrogen and oxygen atoms in total. The zero-order valence-electron chi connectivity index (χ0n) is 13.0. The summed E-state index contributed by atoms with van der Waals surface area (Å²) in [6, 6.07) is 0. The highest BCUT2D eigenvalue weighted by Crippen LogP contribution is 2.22. The maximum atomic E-state index is 12.0. The summed E-state index contributed by atoms with van der Waals surface area (Å²) in [5.74, 6) is 0.275. The average Bonchev–Trinajstić information content (AvgIpc) is 3.12. The van der Waals surface area contributed by atoms with Gasteiger partial charge in [0.2, 0.25) is 5.91 Å². The normalized spacial score (nSPS) is 14.9. The van der Waals surface area contributed by atoms with Crippen LogP contribution in [-0.2, 0) is 24.3 Å². The Hall–Kier alpha value is -0.880. The zero-order chi connectivity index (χ0) is 15.2. The lowest BCUT2D eigenvalue weighted by atomic mass is 10.3. The third-order valence-electron chi connectivity index (χ3n) is 3.96. The van der Waals surface area contributed by atoms with E-state index in [4.69, 9.17) is 0 Å². The number of carbonyl (C=O) groups is 1. The van der Waals surface area contributed by atoms with Gasteiger partial charge in [-0.25, -0.2) is 0 Å². The molecule has 2 heterocycles. The summed E-state index contributed by atoms with van der Waals surface area (Å²) < 4.78 is 3.13. The smallest absolute Gasteiger partial charge is 0.223 e. The summed E-state index contributed by atoms with van der Waals surface area (Å²) in [5.41, 5.74) is 2.27. The van der Waals surface area contributed by atoms with Crippen LogP contribution in [0.5, 0.6) is 0 Å². The molecule has 1 saturated heterocycles. The Morgan fingerprint density at radius 2 is 2.05 bits per heavy atom. The number of nitrogens with one attached hydrogen (secondary N) is 1. The van der Waals surface area contributed by atoms with Crippen LogP contribution in [-0.4, -0.2) is 40.2 Å². The summed E-state index contributed by atoms with van der Waals surface area (Å²) in [6.45, 7) is 8.41. The molecule has 0 radical (unpaired) electrons. The van der Waals surface area contributed by atoms with Crippen LogP contribution in [0.3, 0.4) is 0 Å². The highest BCUT2D eigenvalue weighted by Gasteiger charge is 2.17. The fourth-order valence-corrected chi connectivity index (χ4v) is 3.42. The van der Waals surface area contributed by atoms with E-state index in [1.807, 2.05) is 9.58 Å². The van der Waals surface area contributed by atoms with E-state index in [0.717, 1.165) is 62.2 Å². The number of halogens is 1. The van der Waals surface area contributed by atoms with Crippen molar-refractivity contribution in [1.82, 2.24) is 20.0 Å². The van der Waals surface area contributed by atoms with Gasteiger partial charge in [-0.3, -0.25) is 9.48 Å². The van der Waals surface area contributed by atoms with Crippen LogP contribution in [0.1, 0.15) is 44.5 Å². The van der Waals surface area contributed by atoms with Gasteiger partial charge in [-0.2, -0.15) is 5.10 Å². The van der Waals surface area contributed by atoms with Crippen LogP contribution in [0.4, 0.5) is 0 Å². The molecule has 1 N–H and O–H groups in total. The van der Waals surface area contributed by atoms with E-state index in [1.54, 1.807) is 0 Å². The lowest BCUT2D eigenvalue weighted by molar-refractivity contribution is -0.130. The van der Waals surface area contributed by atoms with Crippen molar-refractivity contribution >= 4 is 21.8 Å². The van der Waals surface area contributed by atoms with Gasteiger partial charge in [-0.05, 0) is 42.1 Å². The predicted molar refractivity (Wildman–Crippen MR) is 87.1 cm³/mol. The second-order valence-corrected chi connectivity index (χ2v) is 6.18. The lowest BCUT2D eigenvalue weighted by Gasteiger charge is -2.15. The number of hydrogen-bond acceptors (Lipinski definition) is 3. The third kappa shape index (κ3) is 4.07. The van der Waals surface area contributed by atoms with Crippen molar-refractivity contribution in [2.75, 3.05) is 19.6 Å². The minimum absolute atomic E-state index is 0.275. The number of carbonyl (C=O) groups excluding carboxylic acids is 1. The summed E-state index contributed by atoms with van der Waals surface area (Å²) >= 11 is 3.64. The van der Waals surface area contributed by atoms with Gasteiger partial charge in [0.25, 0.3) is 0 Å². The Morgan fingerprint density at radius 3 is 2.67 bits per heavy atom. The van der Waals surface area contributed by atoms with Crippen molar-refractivity contribution in [3.05, 3.63) is 15.9 Å². The van der Waals surface area contributed by atoms with Gasteiger partial charge in [0.15, 0.2) is 0 Å². The maximum absolute atomic E-state index is 12.0. The number of likely N-dealkylation sites (tertiary alicyclic amines) is 1. The van der Waals surface area contributed by atoms with Crippen molar-refractivity contribution in [2.45, 2.75) is 52.6 Å². The summed E-state index contributed by atoms with van der Waals surface area (Å²) in [5, 5.41) is 7.95. The first-order valence-corrected chi connectivity index (χ1v) is 8.69. The Balaban J connectivity index is 1.80. The average molecular weight is 357 g/mol. The molecule has 1 fully saturated rings. The van der Waals surface area contributed by atoms with E-state index in [2.05, 4.69) is 40.2 Å². The number of nitrogens with zero attached hydrogens (tertiary/aromatic N) is 3. The minimum atomic E-state index is 0.275. The fourth-order valence-electron chi connectivity index (χ4n) is 2.71. The van der Waals surface area contributed by atoms with Crippen molar-refractivity contribution in [3.8, 4) is 0 Å². The second-order valence-electron chi connectivity index (χ2n) is 5.39. The van der Waals surface area contributed by atoms with Crippen LogP contribution in [0.25, 0.3) is 0 Å². The van der Waals surface area contributed by atoms with Crippen LogP contribution in [0.2, 0.25) is 0 Å². The van der Waals surface area contributed by atoms with E-state index in [0.29, 0.717) is 6.42 Å². The van der Waals surface area contributed by atoms with Crippen molar-refractivity contribution < 1.29 is 4.79 Å². The van der Waals surface area contributed by atoms with Gasteiger partial charge in [0.1, 0.15) is 0 Å². The molecule has 0 spiro atoms. The van der Waals surface area contributed by atoms with Crippen molar-refractivity contribution in [3.63, 3.8) is 0 Å². The standard InChI is InChI=1S/C15H25BrN4O/c1-3-12-15(16)13(20(4-2)18-12)11-17-8-7-14(21)19-9-5-6-10-19/h17H,3-11H2,1-2H3. The Bertz CT molecular complexity index is 480. The number of rotatable bonds is 7. The molecule has 0 atom stereocenters. The zero-order valence-corrected chi connectivity index (χ0v) is 14.6. The predicted octanol–water partition coefficient (Wildman–Crippen LogP) is 2.33. The van der Waals surface area contributed by atoms with Gasteiger partial charge >= 0.3 is 0 Å². The van der Waals surface area contributed by atoms with Crippen molar-refractivity contribution in [2.24, 2.45) is 0 Å². The molecule has 1 aromatic heterocycles. The molecule has 118 valence electrons. The number of aromatic nitrogens is 2. The first-order chi connectivity index (χ1) is 10.2. The van der Waals surface area contributed by atoms with Gasteiger partial charge in [-0.1, -0.05) is 6.92 Å². The maximum Gasteiger partial charge on any atom is 0.223 e. The molecule has 1 aromatic rings. The molecule has 2 rings (SSSR count). The molecular weight excluding hydrogens is 332 g/mol. The highest BCUT2D eigenvalue weighted by molar-refractivity contribution is 9.10. The van der Waals surface area contributed by atoms with Gasteiger partial charge < -0.3 is 10.2 Å². The molecule has 21 heavy (non-hydrogen) atoms. The minimum Gasteiger partial charge on any atom is -0.343 e. The van der Waals surface area contributed by atoms with Crippen LogP contribution < -0.4 is 5.32 Å². The first kappa shape index (κ1) is 16.5.